The molecule has 2 aromatic rings. The normalized spacial score (nSPS) is 12.0. The first-order valence-electron chi connectivity index (χ1n) is 5.96. The summed E-state index contributed by atoms with van der Waals surface area (Å²) in [6.07, 6.45) is 2.94. The highest BCUT2D eigenvalue weighted by Crippen LogP contribution is 2.17. The van der Waals surface area contributed by atoms with Crippen molar-refractivity contribution in [3.8, 4) is 0 Å². The zero-order valence-electron chi connectivity index (χ0n) is 11.1. The van der Waals surface area contributed by atoms with E-state index in [0.717, 1.165) is 6.42 Å². The first-order valence-corrected chi connectivity index (χ1v) is 8.98. The van der Waals surface area contributed by atoms with Crippen LogP contribution in [0.2, 0.25) is 0 Å². The Morgan fingerprint density at radius 3 is 2.67 bits per heavy atom. The molecule has 0 radical (unpaired) electrons. The Labute approximate surface area is 133 Å². The van der Waals surface area contributed by atoms with Crippen LogP contribution in [-0.4, -0.2) is 36.4 Å². The number of nitrogens with zero attached hydrogens (tertiary/aromatic N) is 1. The third kappa shape index (κ3) is 7.44. The molecule has 1 aromatic heterocycles. The van der Waals surface area contributed by atoms with Crippen LogP contribution in [0.25, 0.3) is 10.9 Å². The van der Waals surface area contributed by atoms with Crippen LogP contribution in [-0.2, 0) is 26.7 Å². The van der Waals surface area contributed by atoms with Crippen molar-refractivity contribution in [2.75, 3.05) is 12.3 Å². The molecule has 6 nitrogen and oxygen atoms in total. The fourth-order valence-electron chi connectivity index (χ4n) is 1.71. The molecular formula is C12H17N3O3S3. The molecule has 0 aliphatic heterocycles. The van der Waals surface area contributed by atoms with Crippen LogP contribution >= 0.6 is 12.6 Å². The maximum Gasteiger partial charge on any atom is 0.263 e. The molecule has 0 saturated carbocycles. The van der Waals surface area contributed by atoms with Gasteiger partial charge in [0, 0.05) is 40.6 Å². The highest BCUT2D eigenvalue weighted by molar-refractivity contribution is 8.26. The third-order valence-electron chi connectivity index (χ3n) is 2.53. The van der Waals surface area contributed by atoms with Crippen molar-refractivity contribution >= 4 is 49.6 Å². The number of benzene rings is 1. The second kappa shape index (κ2) is 8.35. The van der Waals surface area contributed by atoms with Gasteiger partial charge in [0.25, 0.3) is 9.05 Å². The number of thiol groups is 1. The largest absolute Gasteiger partial charge is 0.387 e. The molecule has 0 aliphatic rings. The highest BCUT2D eigenvalue weighted by Gasteiger charge is 2.01. The molecule has 5 N–H and O–H groups in total. The smallest absolute Gasteiger partial charge is 0.263 e. The molecule has 0 aliphatic carbocycles. The minimum absolute atomic E-state index is 0.522. The SMILES string of the molecule is NC(CS)=NCCc1c[nH]c2ccccc12.O=S(O)(O)=S. The Balaban J connectivity index is 0.000000383. The van der Waals surface area contributed by atoms with E-state index in [-0.39, 0.29) is 0 Å². The number of hydrogen-bond acceptors (Lipinski definition) is 4. The van der Waals surface area contributed by atoms with Gasteiger partial charge in [-0.1, -0.05) is 18.2 Å². The van der Waals surface area contributed by atoms with Crippen molar-refractivity contribution in [1.29, 1.82) is 0 Å². The number of para-hydroxylation sites is 1. The average molecular weight is 347 g/mol. The Morgan fingerprint density at radius 1 is 1.43 bits per heavy atom. The monoisotopic (exact) mass is 347 g/mol. The molecule has 0 unspecified atom stereocenters. The molecule has 0 saturated heterocycles. The van der Waals surface area contributed by atoms with Crippen LogP contribution in [0.5, 0.6) is 0 Å². The number of hydrogen-bond donors (Lipinski definition) is 5. The van der Waals surface area contributed by atoms with Crippen LogP contribution < -0.4 is 5.73 Å². The lowest BCUT2D eigenvalue weighted by atomic mass is 10.1. The van der Waals surface area contributed by atoms with Crippen LogP contribution in [0.15, 0.2) is 35.5 Å². The van der Waals surface area contributed by atoms with E-state index < -0.39 is 9.05 Å². The number of H-pyrrole nitrogens is 1. The molecule has 9 heteroatoms. The van der Waals surface area contributed by atoms with Crippen LogP contribution in [0.4, 0.5) is 0 Å². The summed E-state index contributed by atoms with van der Waals surface area (Å²) in [7, 11) is -3.83. The topological polar surface area (TPSA) is 112 Å². The van der Waals surface area contributed by atoms with E-state index in [9.17, 15) is 0 Å². The summed E-state index contributed by atoms with van der Waals surface area (Å²) >= 11 is 7.53. The van der Waals surface area contributed by atoms with Crippen LogP contribution in [0.1, 0.15) is 5.56 Å². The molecule has 0 amide bonds. The third-order valence-corrected chi connectivity index (χ3v) is 2.86. The Morgan fingerprint density at radius 2 is 2.05 bits per heavy atom. The van der Waals surface area contributed by atoms with Gasteiger partial charge in [-0.3, -0.25) is 14.1 Å². The van der Waals surface area contributed by atoms with Gasteiger partial charge >= 0.3 is 0 Å². The van der Waals surface area contributed by atoms with Gasteiger partial charge in [-0.15, -0.1) is 0 Å². The predicted molar refractivity (Wildman–Crippen MR) is 93.1 cm³/mol. The zero-order valence-corrected chi connectivity index (χ0v) is 13.6. The Hall–Kier alpha value is -1.13. The van der Waals surface area contributed by atoms with E-state index >= 15 is 0 Å². The van der Waals surface area contributed by atoms with Crippen LogP contribution in [0, 0.1) is 0 Å². The van der Waals surface area contributed by atoms with Crippen molar-refractivity contribution in [3.63, 3.8) is 0 Å². The van der Waals surface area contributed by atoms with Gasteiger partial charge in [0.1, 0.15) is 5.84 Å². The lowest BCUT2D eigenvalue weighted by Crippen LogP contribution is -2.14. The highest BCUT2D eigenvalue weighted by atomic mass is 32.9. The zero-order chi connectivity index (χ0) is 15.9. The van der Waals surface area contributed by atoms with Gasteiger partial charge in [-0.05, 0) is 18.1 Å². The van der Waals surface area contributed by atoms with Crippen molar-refractivity contribution in [2.45, 2.75) is 6.42 Å². The van der Waals surface area contributed by atoms with Crippen molar-refractivity contribution in [1.82, 2.24) is 4.98 Å². The minimum Gasteiger partial charge on any atom is -0.387 e. The lowest BCUT2D eigenvalue weighted by Gasteiger charge is -1.97. The Bertz CT molecular complexity index is 703. The number of aromatic amines is 1. The van der Waals surface area contributed by atoms with Gasteiger partial charge in [0.15, 0.2) is 0 Å². The fraction of sp³-hybridized carbons (Fsp3) is 0.250. The molecule has 116 valence electrons. The molecule has 0 atom stereocenters. The molecule has 1 heterocycles. The predicted octanol–water partition coefficient (Wildman–Crippen LogP) is 1.68. The fourth-order valence-corrected chi connectivity index (χ4v) is 1.81. The second-order valence-electron chi connectivity index (χ2n) is 4.09. The van der Waals surface area contributed by atoms with Gasteiger partial charge in [0.2, 0.25) is 0 Å². The summed E-state index contributed by atoms with van der Waals surface area (Å²) in [6.45, 7) is 0.717. The maximum absolute atomic E-state index is 9.11. The number of aromatic nitrogens is 1. The second-order valence-corrected chi connectivity index (χ2v) is 6.60. The maximum atomic E-state index is 9.11. The van der Waals surface area contributed by atoms with E-state index in [1.165, 1.54) is 16.5 Å². The average Bonchev–Trinajstić information content (AvgIpc) is 2.80. The van der Waals surface area contributed by atoms with Crippen molar-refractivity contribution < 1.29 is 13.3 Å². The first kappa shape index (κ1) is 17.9. The van der Waals surface area contributed by atoms with E-state index in [2.05, 4.69) is 45.9 Å². The molecule has 2 rings (SSSR count). The molecule has 0 fully saturated rings. The molecule has 21 heavy (non-hydrogen) atoms. The molecule has 1 aromatic carbocycles. The van der Waals surface area contributed by atoms with Gasteiger partial charge in [0.05, 0.1) is 0 Å². The quantitative estimate of drug-likeness (QED) is 0.328. The van der Waals surface area contributed by atoms with Gasteiger partial charge in [-0.25, -0.2) is 0 Å². The number of rotatable bonds is 4. The summed E-state index contributed by atoms with van der Waals surface area (Å²) in [5.41, 5.74) is 8.04. The van der Waals surface area contributed by atoms with Crippen molar-refractivity contribution in [2.24, 2.45) is 10.7 Å². The van der Waals surface area contributed by atoms with Crippen LogP contribution in [0.3, 0.4) is 0 Å². The van der Waals surface area contributed by atoms with Crippen molar-refractivity contribution in [3.05, 3.63) is 36.0 Å². The molecular weight excluding hydrogens is 330 g/mol. The van der Waals surface area contributed by atoms with Gasteiger partial charge in [-0.2, -0.15) is 16.8 Å². The first-order chi connectivity index (χ1) is 9.81. The molecule has 0 bridgehead atoms. The summed E-state index contributed by atoms with van der Waals surface area (Å²) in [4.78, 5) is 7.47. The minimum atomic E-state index is -3.83. The van der Waals surface area contributed by atoms with E-state index in [1.807, 2.05) is 18.3 Å². The number of nitrogens with one attached hydrogen (secondary N) is 1. The summed E-state index contributed by atoms with van der Waals surface area (Å²) in [5.74, 6) is 1.12. The van der Waals surface area contributed by atoms with E-state index in [0.29, 0.717) is 18.1 Å². The van der Waals surface area contributed by atoms with E-state index in [4.69, 9.17) is 19.0 Å². The number of fused-ring (bicyclic) bond motifs is 1. The standard InChI is InChI=1S/C12H15N3S.H2O3S2/c13-12(8-16)14-6-5-9-7-15-11-4-2-1-3-10(9)11;1-5(2,3)4/h1-4,7,15-16H,5-6,8H2,(H2,13,14);(H2,1,2,3,4). The summed E-state index contributed by atoms with van der Waals surface area (Å²) in [5, 5.41) is 1.27. The number of aliphatic imine (C=N–C) groups is 1. The van der Waals surface area contributed by atoms with E-state index in [1.54, 1.807) is 0 Å². The summed E-state index contributed by atoms with van der Waals surface area (Å²) in [6, 6.07) is 8.27. The number of amidine groups is 1. The Kier molecular flexibility index (Phi) is 7.12. The summed E-state index contributed by atoms with van der Waals surface area (Å²) < 4.78 is 24.0. The lowest BCUT2D eigenvalue weighted by molar-refractivity contribution is 0.450. The van der Waals surface area contributed by atoms with Gasteiger partial charge < -0.3 is 10.7 Å². The molecule has 0 spiro atoms. The number of nitrogens with two attached hydrogens (primary N) is 1.